The number of phenolic OH excluding ortho intramolecular Hbond substituents is 1. The van der Waals surface area contributed by atoms with Crippen LogP contribution in [0.3, 0.4) is 0 Å². The lowest BCUT2D eigenvalue weighted by Gasteiger charge is -2.13. The number of hydrogen-bond donors (Lipinski definition) is 2. The molecule has 17 heavy (non-hydrogen) atoms. The van der Waals surface area contributed by atoms with Crippen molar-refractivity contribution in [1.82, 2.24) is 10.1 Å². The number of nitrogens with zero attached hydrogens (tertiary/aromatic N) is 3. The molecule has 0 spiro atoms. The Morgan fingerprint density at radius 1 is 1.41 bits per heavy atom. The maximum atomic E-state index is 9.78. The summed E-state index contributed by atoms with van der Waals surface area (Å²) in [6, 6.07) is 5.20. The van der Waals surface area contributed by atoms with E-state index in [1.807, 2.05) is 25.1 Å². The number of aromatic nitrogens is 2. The molecule has 0 aliphatic carbocycles. The molecule has 90 valence electrons. The fourth-order valence-electron chi connectivity index (χ4n) is 1.43. The average Bonchev–Trinajstić information content (AvgIpc) is 2.77. The first-order chi connectivity index (χ1) is 8.11. The number of anilines is 1. The maximum Gasteiger partial charge on any atom is 0.240 e. The Balaban J connectivity index is 2.46. The largest absolute Gasteiger partial charge is 0.507 e. The number of nitrogens with two attached hydrogens (primary N) is 1. The van der Waals surface area contributed by atoms with Crippen LogP contribution in [0, 0.1) is 0 Å². The summed E-state index contributed by atoms with van der Waals surface area (Å²) >= 11 is 0. The SMILES string of the molecule is CN(C)c1ccc(O)c(-c2noc(CN)n2)c1. The topological polar surface area (TPSA) is 88.4 Å². The van der Waals surface area contributed by atoms with E-state index >= 15 is 0 Å². The van der Waals surface area contributed by atoms with Gasteiger partial charge in [-0.15, -0.1) is 0 Å². The molecular formula is C11H14N4O2. The molecule has 6 nitrogen and oxygen atoms in total. The van der Waals surface area contributed by atoms with Crippen molar-refractivity contribution in [3.8, 4) is 17.1 Å². The van der Waals surface area contributed by atoms with Crippen molar-refractivity contribution in [2.45, 2.75) is 6.54 Å². The summed E-state index contributed by atoms with van der Waals surface area (Å²) in [5, 5.41) is 13.6. The molecule has 0 aliphatic rings. The van der Waals surface area contributed by atoms with E-state index in [0.29, 0.717) is 17.3 Å². The van der Waals surface area contributed by atoms with Crippen LogP contribution < -0.4 is 10.6 Å². The maximum absolute atomic E-state index is 9.78. The zero-order chi connectivity index (χ0) is 12.4. The monoisotopic (exact) mass is 234 g/mol. The lowest BCUT2D eigenvalue weighted by molar-refractivity contribution is 0.380. The van der Waals surface area contributed by atoms with Crippen LogP contribution in [0.25, 0.3) is 11.4 Å². The highest BCUT2D eigenvalue weighted by Gasteiger charge is 2.13. The van der Waals surface area contributed by atoms with Gasteiger partial charge in [0, 0.05) is 19.8 Å². The Hall–Kier alpha value is -2.08. The molecule has 6 heteroatoms. The first-order valence-corrected chi connectivity index (χ1v) is 5.15. The van der Waals surface area contributed by atoms with Crippen molar-refractivity contribution < 1.29 is 9.63 Å². The van der Waals surface area contributed by atoms with Gasteiger partial charge in [0.1, 0.15) is 5.75 Å². The predicted molar refractivity (Wildman–Crippen MR) is 63.6 cm³/mol. The van der Waals surface area contributed by atoms with Crippen molar-refractivity contribution in [2.24, 2.45) is 5.73 Å². The summed E-state index contributed by atoms with van der Waals surface area (Å²) in [6.45, 7) is 0.182. The van der Waals surface area contributed by atoms with Crippen LogP contribution in [0.15, 0.2) is 22.7 Å². The number of rotatable bonds is 3. The molecule has 0 saturated heterocycles. The molecular weight excluding hydrogens is 220 g/mol. The minimum Gasteiger partial charge on any atom is -0.507 e. The zero-order valence-electron chi connectivity index (χ0n) is 9.71. The molecule has 0 amide bonds. The van der Waals surface area contributed by atoms with Crippen molar-refractivity contribution in [2.75, 3.05) is 19.0 Å². The third-order valence-electron chi connectivity index (χ3n) is 2.38. The quantitative estimate of drug-likeness (QED) is 0.822. The van der Waals surface area contributed by atoms with Crippen molar-refractivity contribution >= 4 is 5.69 Å². The third kappa shape index (κ3) is 2.21. The van der Waals surface area contributed by atoms with Gasteiger partial charge in [0.05, 0.1) is 12.1 Å². The normalized spacial score (nSPS) is 10.5. The van der Waals surface area contributed by atoms with Crippen LogP contribution >= 0.6 is 0 Å². The van der Waals surface area contributed by atoms with Gasteiger partial charge in [-0.2, -0.15) is 4.98 Å². The van der Waals surface area contributed by atoms with Crippen molar-refractivity contribution in [3.05, 3.63) is 24.1 Å². The summed E-state index contributed by atoms with van der Waals surface area (Å²) in [6.07, 6.45) is 0. The molecule has 1 aromatic heterocycles. The summed E-state index contributed by atoms with van der Waals surface area (Å²) in [7, 11) is 3.83. The van der Waals surface area contributed by atoms with Crippen LogP contribution in [0.4, 0.5) is 5.69 Å². The Bertz CT molecular complexity index is 522. The molecule has 0 atom stereocenters. The standard InChI is InChI=1S/C11H14N4O2/c1-15(2)7-3-4-9(16)8(5-7)11-13-10(6-12)17-14-11/h3-5,16H,6,12H2,1-2H3. The second-order valence-electron chi connectivity index (χ2n) is 3.81. The van der Waals surface area contributed by atoms with E-state index < -0.39 is 0 Å². The number of benzene rings is 1. The zero-order valence-corrected chi connectivity index (χ0v) is 9.71. The van der Waals surface area contributed by atoms with Gasteiger partial charge in [-0.1, -0.05) is 5.16 Å². The van der Waals surface area contributed by atoms with Gasteiger partial charge in [0.2, 0.25) is 11.7 Å². The molecule has 3 N–H and O–H groups in total. The molecule has 1 aromatic carbocycles. The van der Waals surface area contributed by atoms with Crippen LogP contribution in [0.5, 0.6) is 5.75 Å². The lowest BCUT2D eigenvalue weighted by Crippen LogP contribution is -2.08. The second-order valence-corrected chi connectivity index (χ2v) is 3.81. The summed E-state index contributed by atoms with van der Waals surface area (Å²) in [4.78, 5) is 6.00. The molecule has 0 radical (unpaired) electrons. The van der Waals surface area contributed by atoms with E-state index in [2.05, 4.69) is 10.1 Å². The molecule has 0 bridgehead atoms. The molecule has 0 fully saturated rings. The van der Waals surface area contributed by atoms with Crippen molar-refractivity contribution in [3.63, 3.8) is 0 Å². The lowest BCUT2D eigenvalue weighted by atomic mass is 10.1. The highest BCUT2D eigenvalue weighted by atomic mass is 16.5. The summed E-state index contributed by atoms with van der Waals surface area (Å²) in [5.74, 6) is 0.793. The molecule has 0 aliphatic heterocycles. The molecule has 1 heterocycles. The van der Waals surface area contributed by atoms with Gasteiger partial charge < -0.3 is 20.3 Å². The van der Waals surface area contributed by atoms with Crippen molar-refractivity contribution in [1.29, 1.82) is 0 Å². The predicted octanol–water partition coefficient (Wildman–Crippen LogP) is 0.967. The number of hydrogen-bond acceptors (Lipinski definition) is 6. The van der Waals surface area contributed by atoms with Crippen LogP contribution in [-0.2, 0) is 6.54 Å². The molecule has 2 aromatic rings. The van der Waals surface area contributed by atoms with Crippen LogP contribution in [0.2, 0.25) is 0 Å². The van der Waals surface area contributed by atoms with Gasteiger partial charge in [0.15, 0.2) is 0 Å². The molecule has 0 saturated carbocycles. The average molecular weight is 234 g/mol. The second kappa shape index (κ2) is 4.42. The van der Waals surface area contributed by atoms with Crippen LogP contribution in [0.1, 0.15) is 5.89 Å². The van der Waals surface area contributed by atoms with Gasteiger partial charge >= 0.3 is 0 Å². The van der Waals surface area contributed by atoms with E-state index in [-0.39, 0.29) is 12.3 Å². The summed E-state index contributed by atoms with van der Waals surface area (Å²) in [5.41, 5.74) is 6.86. The molecule has 0 unspecified atom stereocenters. The number of aromatic hydroxyl groups is 1. The Morgan fingerprint density at radius 2 is 2.18 bits per heavy atom. The first kappa shape index (κ1) is 11.4. The smallest absolute Gasteiger partial charge is 0.240 e. The first-order valence-electron chi connectivity index (χ1n) is 5.15. The Labute approximate surface area is 98.7 Å². The molecule has 2 rings (SSSR count). The minimum atomic E-state index is 0.111. The highest BCUT2D eigenvalue weighted by molar-refractivity contribution is 5.69. The highest BCUT2D eigenvalue weighted by Crippen LogP contribution is 2.30. The fraction of sp³-hybridized carbons (Fsp3) is 0.273. The van der Waals surface area contributed by atoms with Gasteiger partial charge in [-0.25, -0.2) is 0 Å². The van der Waals surface area contributed by atoms with Gasteiger partial charge in [0.25, 0.3) is 0 Å². The van der Waals surface area contributed by atoms with Gasteiger partial charge in [-0.05, 0) is 18.2 Å². The van der Waals surface area contributed by atoms with Gasteiger partial charge in [-0.3, -0.25) is 0 Å². The van der Waals surface area contributed by atoms with E-state index in [0.717, 1.165) is 5.69 Å². The van der Waals surface area contributed by atoms with E-state index in [1.54, 1.807) is 12.1 Å². The number of phenols is 1. The summed E-state index contributed by atoms with van der Waals surface area (Å²) < 4.78 is 4.91. The van der Waals surface area contributed by atoms with E-state index in [1.165, 1.54) is 0 Å². The van der Waals surface area contributed by atoms with E-state index in [9.17, 15) is 5.11 Å². The minimum absolute atomic E-state index is 0.111. The Kier molecular flexibility index (Phi) is 2.97. The van der Waals surface area contributed by atoms with Crippen LogP contribution in [-0.4, -0.2) is 29.3 Å². The van der Waals surface area contributed by atoms with E-state index in [4.69, 9.17) is 10.3 Å². The fourth-order valence-corrected chi connectivity index (χ4v) is 1.43. The third-order valence-corrected chi connectivity index (χ3v) is 2.38. The Morgan fingerprint density at radius 3 is 2.76 bits per heavy atom.